The number of aliphatic hydroxyl groups is 4. The maximum Gasteiger partial charge on any atom is 0.249 e. The van der Waals surface area contributed by atoms with Crippen LogP contribution in [0.25, 0.3) is 0 Å². The third kappa shape index (κ3) is 25.3. The van der Waals surface area contributed by atoms with Crippen LogP contribution in [0.1, 0.15) is 174 Å². The Labute approximate surface area is 253 Å². The van der Waals surface area contributed by atoms with Crippen molar-refractivity contribution in [3.05, 3.63) is 12.2 Å². The summed E-state index contributed by atoms with van der Waals surface area (Å²) in [5.41, 5.74) is 0. The molecular formula is C35H69NO5. The quantitative estimate of drug-likeness (QED) is 0.0421. The molecule has 0 heterocycles. The van der Waals surface area contributed by atoms with E-state index in [0.717, 1.165) is 38.5 Å². The molecule has 0 saturated heterocycles. The van der Waals surface area contributed by atoms with Crippen molar-refractivity contribution in [1.82, 2.24) is 5.32 Å². The summed E-state index contributed by atoms with van der Waals surface area (Å²) in [5.74, 6) is -0.598. The highest BCUT2D eigenvalue weighted by molar-refractivity contribution is 5.80. The van der Waals surface area contributed by atoms with E-state index in [2.05, 4.69) is 31.3 Å². The van der Waals surface area contributed by atoms with Gasteiger partial charge in [-0.05, 0) is 38.5 Å². The fourth-order valence-corrected chi connectivity index (χ4v) is 5.34. The maximum atomic E-state index is 12.3. The summed E-state index contributed by atoms with van der Waals surface area (Å²) in [4.78, 5) is 12.3. The van der Waals surface area contributed by atoms with Crippen molar-refractivity contribution in [3.63, 3.8) is 0 Å². The normalized spacial score (nSPS) is 14.8. The maximum absolute atomic E-state index is 12.3. The van der Waals surface area contributed by atoms with Crippen molar-refractivity contribution in [2.45, 2.75) is 199 Å². The Bertz CT molecular complexity index is 585. The van der Waals surface area contributed by atoms with Gasteiger partial charge >= 0.3 is 0 Å². The van der Waals surface area contributed by atoms with Crippen LogP contribution >= 0.6 is 0 Å². The van der Waals surface area contributed by atoms with E-state index >= 15 is 0 Å². The van der Waals surface area contributed by atoms with Crippen LogP contribution in [-0.2, 0) is 4.79 Å². The van der Waals surface area contributed by atoms with Gasteiger partial charge in [-0.1, -0.05) is 148 Å². The van der Waals surface area contributed by atoms with Gasteiger partial charge < -0.3 is 25.7 Å². The molecule has 41 heavy (non-hydrogen) atoms. The van der Waals surface area contributed by atoms with Gasteiger partial charge in [0.1, 0.15) is 12.2 Å². The first-order chi connectivity index (χ1) is 20.0. The van der Waals surface area contributed by atoms with E-state index in [1.165, 1.54) is 109 Å². The molecule has 0 aromatic rings. The number of hydrogen-bond acceptors (Lipinski definition) is 5. The molecule has 0 spiro atoms. The third-order valence-corrected chi connectivity index (χ3v) is 8.23. The zero-order chi connectivity index (χ0) is 30.4. The number of carbonyl (C=O) groups excluding carboxylic acids is 1. The van der Waals surface area contributed by atoms with E-state index < -0.39 is 36.9 Å². The standard InChI is InChI=1S/C35H69NO5/c1-3-5-7-9-11-13-14-15-16-17-18-19-20-21-23-24-26-28-32(38)34(40)31(30-37)36-35(41)33(39)29-27-25-22-12-10-8-6-4-2/h21,23,31-34,37-40H,3-20,22,24-30H2,1-2H3,(H,36,41)/b23-21+. The minimum absolute atomic E-state index is 0.364. The van der Waals surface area contributed by atoms with Crippen LogP contribution in [0.4, 0.5) is 0 Å². The number of aliphatic hydroxyl groups excluding tert-OH is 4. The highest BCUT2D eigenvalue weighted by Gasteiger charge is 2.28. The fourth-order valence-electron chi connectivity index (χ4n) is 5.34. The highest BCUT2D eigenvalue weighted by atomic mass is 16.3. The van der Waals surface area contributed by atoms with Crippen molar-refractivity contribution in [2.24, 2.45) is 0 Å². The first-order valence-electron chi connectivity index (χ1n) is 17.6. The number of allylic oxidation sites excluding steroid dienone is 2. The predicted octanol–water partition coefficient (Wildman–Crippen LogP) is 7.89. The van der Waals surface area contributed by atoms with E-state index in [0.29, 0.717) is 12.8 Å². The number of unbranched alkanes of at least 4 members (excludes halogenated alkanes) is 20. The van der Waals surface area contributed by atoms with Gasteiger partial charge in [-0.15, -0.1) is 0 Å². The summed E-state index contributed by atoms with van der Waals surface area (Å²) < 4.78 is 0. The van der Waals surface area contributed by atoms with Crippen molar-refractivity contribution in [1.29, 1.82) is 0 Å². The molecule has 0 aliphatic heterocycles. The second-order valence-corrected chi connectivity index (χ2v) is 12.2. The van der Waals surface area contributed by atoms with E-state index in [1.54, 1.807) is 0 Å². The Morgan fingerprint density at radius 2 is 1.00 bits per heavy atom. The van der Waals surface area contributed by atoms with Crippen LogP contribution in [-0.4, -0.2) is 57.3 Å². The monoisotopic (exact) mass is 584 g/mol. The van der Waals surface area contributed by atoms with Crippen LogP contribution < -0.4 is 5.32 Å². The molecule has 0 bridgehead atoms. The second-order valence-electron chi connectivity index (χ2n) is 12.2. The zero-order valence-electron chi connectivity index (χ0n) is 27.0. The molecule has 244 valence electrons. The van der Waals surface area contributed by atoms with Gasteiger partial charge in [-0.2, -0.15) is 0 Å². The van der Waals surface area contributed by atoms with Crippen molar-refractivity contribution in [2.75, 3.05) is 6.61 Å². The Kier molecular flexibility index (Phi) is 29.8. The van der Waals surface area contributed by atoms with Crippen LogP contribution in [0.15, 0.2) is 12.2 Å². The summed E-state index contributed by atoms with van der Waals surface area (Å²) >= 11 is 0. The lowest BCUT2D eigenvalue weighted by Gasteiger charge is -2.27. The highest BCUT2D eigenvalue weighted by Crippen LogP contribution is 2.14. The first kappa shape index (κ1) is 40.1. The van der Waals surface area contributed by atoms with Crippen molar-refractivity contribution >= 4 is 5.91 Å². The molecule has 4 atom stereocenters. The average Bonchev–Trinajstić information content (AvgIpc) is 2.98. The van der Waals surface area contributed by atoms with Gasteiger partial charge in [-0.3, -0.25) is 4.79 Å². The Hall–Kier alpha value is -0.950. The Balaban J connectivity index is 3.84. The number of rotatable bonds is 31. The molecule has 0 saturated carbocycles. The summed E-state index contributed by atoms with van der Waals surface area (Å²) in [5, 5.41) is 43.2. The summed E-state index contributed by atoms with van der Waals surface area (Å²) in [6.07, 6.45) is 29.6. The molecule has 0 rings (SSSR count). The smallest absolute Gasteiger partial charge is 0.249 e. The predicted molar refractivity (Wildman–Crippen MR) is 173 cm³/mol. The lowest BCUT2D eigenvalue weighted by molar-refractivity contribution is -0.132. The second kappa shape index (κ2) is 30.5. The minimum atomic E-state index is -1.27. The van der Waals surface area contributed by atoms with Crippen LogP contribution in [0, 0.1) is 0 Å². The molecule has 4 unspecified atom stereocenters. The lowest BCUT2D eigenvalue weighted by Crippen LogP contribution is -2.53. The van der Waals surface area contributed by atoms with E-state index in [1.807, 2.05) is 0 Å². The van der Waals surface area contributed by atoms with E-state index in [-0.39, 0.29) is 0 Å². The number of amides is 1. The molecule has 0 aliphatic rings. The molecule has 1 amide bonds. The van der Waals surface area contributed by atoms with E-state index in [4.69, 9.17) is 0 Å². The van der Waals surface area contributed by atoms with Gasteiger partial charge in [-0.25, -0.2) is 0 Å². The SMILES string of the molecule is CCCCCCCCCCCCCC/C=C/CCCC(O)C(O)C(CO)NC(=O)C(O)CCCCCCCCCC. The summed E-state index contributed by atoms with van der Waals surface area (Å²) in [7, 11) is 0. The van der Waals surface area contributed by atoms with Crippen LogP contribution in [0.3, 0.4) is 0 Å². The van der Waals surface area contributed by atoms with Gasteiger partial charge in [0, 0.05) is 0 Å². The minimum Gasteiger partial charge on any atom is -0.394 e. The third-order valence-electron chi connectivity index (χ3n) is 8.23. The van der Waals surface area contributed by atoms with Crippen LogP contribution in [0.5, 0.6) is 0 Å². The molecule has 6 heteroatoms. The Morgan fingerprint density at radius 1 is 0.585 bits per heavy atom. The lowest BCUT2D eigenvalue weighted by atomic mass is 10.00. The molecule has 0 aliphatic carbocycles. The molecule has 6 nitrogen and oxygen atoms in total. The Morgan fingerprint density at radius 3 is 1.46 bits per heavy atom. The van der Waals surface area contributed by atoms with Gasteiger partial charge in [0.25, 0.3) is 0 Å². The first-order valence-corrected chi connectivity index (χ1v) is 17.6. The molecule has 0 fully saturated rings. The molecule has 5 N–H and O–H groups in total. The zero-order valence-corrected chi connectivity index (χ0v) is 27.0. The molecule has 0 radical (unpaired) electrons. The molecule has 0 aromatic carbocycles. The number of hydrogen-bond donors (Lipinski definition) is 5. The van der Waals surface area contributed by atoms with Crippen molar-refractivity contribution in [3.8, 4) is 0 Å². The molecule has 0 aromatic heterocycles. The summed E-state index contributed by atoms with van der Waals surface area (Å²) in [6.45, 7) is 3.98. The number of nitrogens with one attached hydrogen (secondary N) is 1. The van der Waals surface area contributed by atoms with Gasteiger partial charge in [0.05, 0.1) is 18.8 Å². The fraction of sp³-hybridized carbons (Fsp3) is 0.914. The summed E-state index contributed by atoms with van der Waals surface area (Å²) in [6, 6.07) is -0.993. The van der Waals surface area contributed by atoms with Crippen LogP contribution in [0.2, 0.25) is 0 Å². The molecular weight excluding hydrogens is 514 g/mol. The largest absolute Gasteiger partial charge is 0.394 e. The number of carbonyl (C=O) groups is 1. The van der Waals surface area contributed by atoms with Crippen molar-refractivity contribution < 1.29 is 25.2 Å². The van der Waals surface area contributed by atoms with E-state index in [9.17, 15) is 25.2 Å². The van der Waals surface area contributed by atoms with Gasteiger partial charge in [0.15, 0.2) is 0 Å². The van der Waals surface area contributed by atoms with Gasteiger partial charge in [0.2, 0.25) is 5.91 Å². The topological polar surface area (TPSA) is 110 Å². The average molecular weight is 584 g/mol.